The van der Waals surface area contributed by atoms with E-state index in [4.69, 9.17) is 5.73 Å². The van der Waals surface area contributed by atoms with Crippen molar-refractivity contribution in [2.45, 2.75) is 52.1 Å². The highest BCUT2D eigenvalue weighted by molar-refractivity contribution is 4.80. The van der Waals surface area contributed by atoms with Crippen LogP contribution in [0.1, 0.15) is 40.0 Å². The van der Waals surface area contributed by atoms with Crippen molar-refractivity contribution < 1.29 is 0 Å². The molecule has 0 aromatic rings. The third kappa shape index (κ3) is 3.65. The molecule has 1 rings (SSSR count). The summed E-state index contributed by atoms with van der Waals surface area (Å²) in [5.41, 5.74) is 5.92. The number of nitrogens with two attached hydrogens (primary N) is 1. The SMILES string of the molecule is CC(C)CCN1CCC(N)CC1C. The maximum absolute atomic E-state index is 5.92. The number of piperidine rings is 1. The summed E-state index contributed by atoms with van der Waals surface area (Å²) in [5.74, 6) is 0.822. The predicted molar refractivity (Wildman–Crippen MR) is 57.7 cm³/mol. The molecule has 2 N–H and O–H groups in total. The van der Waals surface area contributed by atoms with Crippen LogP contribution >= 0.6 is 0 Å². The summed E-state index contributed by atoms with van der Waals surface area (Å²) in [7, 11) is 0. The van der Waals surface area contributed by atoms with E-state index in [9.17, 15) is 0 Å². The fraction of sp³-hybridized carbons (Fsp3) is 1.00. The number of hydrogen-bond donors (Lipinski definition) is 1. The van der Waals surface area contributed by atoms with Crippen molar-refractivity contribution in [3.63, 3.8) is 0 Å². The monoisotopic (exact) mass is 184 g/mol. The minimum atomic E-state index is 0.449. The normalized spacial score (nSPS) is 31.2. The van der Waals surface area contributed by atoms with Gasteiger partial charge < -0.3 is 10.6 Å². The fourth-order valence-corrected chi connectivity index (χ4v) is 2.01. The van der Waals surface area contributed by atoms with Crippen LogP contribution in [-0.2, 0) is 0 Å². The second-order valence-corrected chi connectivity index (χ2v) is 4.85. The van der Waals surface area contributed by atoms with E-state index >= 15 is 0 Å². The molecule has 0 aromatic carbocycles. The highest BCUT2D eigenvalue weighted by Gasteiger charge is 2.22. The van der Waals surface area contributed by atoms with E-state index in [1.54, 1.807) is 0 Å². The molecule has 0 bridgehead atoms. The van der Waals surface area contributed by atoms with Gasteiger partial charge in [0.25, 0.3) is 0 Å². The first-order valence-corrected chi connectivity index (χ1v) is 5.59. The Balaban J connectivity index is 2.25. The van der Waals surface area contributed by atoms with Crippen molar-refractivity contribution in [1.82, 2.24) is 4.90 Å². The van der Waals surface area contributed by atoms with Crippen LogP contribution in [0.5, 0.6) is 0 Å². The zero-order valence-corrected chi connectivity index (χ0v) is 9.29. The van der Waals surface area contributed by atoms with Crippen LogP contribution in [-0.4, -0.2) is 30.1 Å². The minimum Gasteiger partial charge on any atom is -0.328 e. The third-order valence-corrected chi connectivity index (χ3v) is 3.05. The van der Waals surface area contributed by atoms with Crippen molar-refractivity contribution in [2.24, 2.45) is 11.7 Å². The molecular weight excluding hydrogens is 160 g/mol. The van der Waals surface area contributed by atoms with Crippen molar-refractivity contribution >= 4 is 0 Å². The van der Waals surface area contributed by atoms with Gasteiger partial charge in [-0.2, -0.15) is 0 Å². The summed E-state index contributed by atoms with van der Waals surface area (Å²) >= 11 is 0. The maximum atomic E-state index is 5.92. The van der Waals surface area contributed by atoms with Crippen molar-refractivity contribution in [3.8, 4) is 0 Å². The molecule has 0 aliphatic carbocycles. The third-order valence-electron chi connectivity index (χ3n) is 3.05. The summed E-state index contributed by atoms with van der Waals surface area (Å²) < 4.78 is 0. The Morgan fingerprint density at radius 1 is 1.46 bits per heavy atom. The van der Waals surface area contributed by atoms with Crippen LogP contribution in [0.3, 0.4) is 0 Å². The average Bonchev–Trinajstić information content (AvgIpc) is 2.02. The summed E-state index contributed by atoms with van der Waals surface area (Å²) in [5, 5.41) is 0. The van der Waals surface area contributed by atoms with E-state index < -0.39 is 0 Å². The lowest BCUT2D eigenvalue weighted by Gasteiger charge is -2.36. The zero-order chi connectivity index (χ0) is 9.84. The van der Waals surface area contributed by atoms with Crippen LogP contribution in [0.4, 0.5) is 0 Å². The van der Waals surface area contributed by atoms with Gasteiger partial charge in [-0.15, -0.1) is 0 Å². The highest BCUT2D eigenvalue weighted by atomic mass is 15.2. The lowest BCUT2D eigenvalue weighted by Crippen LogP contribution is -2.45. The Hall–Kier alpha value is -0.0800. The number of nitrogens with zero attached hydrogens (tertiary/aromatic N) is 1. The van der Waals surface area contributed by atoms with Crippen LogP contribution in [0.15, 0.2) is 0 Å². The first kappa shape index (κ1) is 11.0. The first-order valence-electron chi connectivity index (χ1n) is 5.59. The summed E-state index contributed by atoms with van der Waals surface area (Å²) in [6.07, 6.45) is 3.68. The Bertz CT molecular complexity index is 145. The minimum absolute atomic E-state index is 0.449. The van der Waals surface area contributed by atoms with Gasteiger partial charge in [0.15, 0.2) is 0 Å². The molecule has 2 atom stereocenters. The molecule has 2 nitrogen and oxygen atoms in total. The van der Waals surface area contributed by atoms with E-state index in [0.717, 1.165) is 5.92 Å². The van der Waals surface area contributed by atoms with Crippen molar-refractivity contribution in [2.75, 3.05) is 13.1 Å². The molecule has 78 valence electrons. The second-order valence-electron chi connectivity index (χ2n) is 4.85. The standard InChI is InChI=1S/C11H24N2/c1-9(2)4-6-13-7-5-11(12)8-10(13)3/h9-11H,4-8,12H2,1-3H3. The smallest absolute Gasteiger partial charge is 0.00816 e. The van der Waals surface area contributed by atoms with Crippen LogP contribution in [0.25, 0.3) is 0 Å². The van der Waals surface area contributed by atoms with E-state index in [2.05, 4.69) is 25.7 Å². The summed E-state index contributed by atoms with van der Waals surface area (Å²) in [6, 6.07) is 1.15. The first-order chi connectivity index (χ1) is 6.09. The molecule has 0 spiro atoms. The van der Waals surface area contributed by atoms with Gasteiger partial charge in [-0.3, -0.25) is 0 Å². The lowest BCUT2D eigenvalue weighted by molar-refractivity contribution is 0.141. The summed E-state index contributed by atoms with van der Waals surface area (Å²) in [4.78, 5) is 2.59. The number of likely N-dealkylation sites (tertiary alicyclic amines) is 1. The van der Waals surface area contributed by atoms with Crippen LogP contribution in [0.2, 0.25) is 0 Å². The molecule has 0 saturated carbocycles. The molecule has 1 saturated heterocycles. The Labute approximate surface area is 82.5 Å². The fourth-order valence-electron chi connectivity index (χ4n) is 2.01. The van der Waals surface area contributed by atoms with Gasteiger partial charge in [0.1, 0.15) is 0 Å². The molecule has 2 heteroatoms. The Morgan fingerprint density at radius 2 is 2.15 bits per heavy atom. The molecule has 0 aromatic heterocycles. The predicted octanol–water partition coefficient (Wildman–Crippen LogP) is 1.84. The molecule has 0 radical (unpaired) electrons. The lowest BCUT2D eigenvalue weighted by atomic mass is 9.98. The van der Waals surface area contributed by atoms with Gasteiger partial charge in [0.05, 0.1) is 0 Å². The van der Waals surface area contributed by atoms with E-state index in [1.165, 1.54) is 32.4 Å². The zero-order valence-electron chi connectivity index (χ0n) is 9.29. The highest BCUT2D eigenvalue weighted by Crippen LogP contribution is 2.16. The molecule has 1 aliphatic heterocycles. The number of hydrogen-bond acceptors (Lipinski definition) is 2. The van der Waals surface area contributed by atoms with Crippen LogP contribution < -0.4 is 5.73 Å². The molecule has 13 heavy (non-hydrogen) atoms. The van der Waals surface area contributed by atoms with Gasteiger partial charge >= 0.3 is 0 Å². The molecule has 0 amide bonds. The molecule has 1 aliphatic rings. The largest absolute Gasteiger partial charge is 0.328 e. The quantitative estimate of drug-likeness (QED) is 0.725. The molecule has 1 heterocycles. The van der Waals surface area contributed by atoms with Gasteiger partial charge in [-0.1, -0.05) is 13.8 Å². The van der Waals surface area contributed by atoms with Crippen molar-refractivity contribution in [1.29, 1.82) is 0 Å². The second kappa shape index (κ2) is 4.97. The van der Waals surface area contributed by atoms with Gasteiger partial charge in [-0.25, -0.2) is 0 Å². The van der Waals surface area contributed by atoms with Gasteiger partial charge in [0, 0.05) is 12.1 Å². The molecule has 1 fully saturated rings. The number of rotatable bonds is 3. The van der Waals surface area contributed by atoms with Gasteiger partial charge in [0.2, 0.25) is 0 Å². The maximum Gasteiger partial charge on any atom is 0.00816 e. The van der Waals surface area contributed by atoms with E-state index in [-0.39, 0.29) is 0 Å². The van der Waals surface area contributed by atoms with E-state index in [1.807, 2.05) is 0 Å². The molecule has 2 unspecified atom stereocenters. The van der Waals surface area contributed by atoms with Crippen molar-refractivity contribution in [3.05, 3.63) is 0 Å². The topological polar surface area (TPSA) is 29.3 Å². The van der Waals surface area contributed by atoms with Crippen LogP contribution in [0, 0.1) is 5.92 Å². The Morgan fingerprint density at radius 3 is 2.69 bits per heavy atom. The Kier molecular flexibility index (Phi) is 4.20. The van der Waals surface area contributed by atoms with E-state index in [0.29, 0.717) is 12.1 Å². The molecular formula is C11H24N2. The average molecular weight is 184 g/mol. The van der Waals surface area contributed by atoms with Gasteiger partial charge in [-0.05, 0) is 45.2 Å². The summed E-state index contributed by atoms with van der Waals surface area (Å²) in [6.45, 7) is 9.35.